The Bertz CT molecular complexity index is 1000. The minimum absolute atomic E-state index is 0.204. The number of amides is 1. The lowest BCUT2D eigenvalue weighted by Crippen LogP contribution is -2.28. The molecule has 1 amide bonds. The van der Waals surface area contributed by atoms with Crippen molar-refractivity contribution in [3.05, 3.63) is 63.8 Å². The maximum Gasteiger partial charge on any atom is 0.276 e. The predicted octanol–water partition coefficient (Wildman–Crippen LogP) is 3.75. The van der Waals surface area contributed by atoms with Crippen molar-refractivity contribution in [1.82, 2.24) is 19.8 Å². The van der Waals surface area contributed by atoms with E-state index in [4.69, 9.17) is 9.26 Å². The van der Waals surface area contributed by atoms with E-state index in [1.807, 2.05) is 49.8 Å². The van der Waals surface area contributed by atoms with E-state index >= 15 is 0 Å². The van der Waals surface area contributed by atoms with E-state index in [2.05, 4.69) is 17.2 Å². The minimum Gasteiger partial charge on any atom is -0.489 e. The van der Waals surface area contributed by atoms with E-state index in [0.29, 0.717) is 17.9 Å². The molecule has 0 bridgehead atoms. The quantitative estimate of drug-likeness (QED) is 0.608. The molecule has 0 aliphatic rings. The second kappa shape index (κ2) is 8.51. The highest BCUT2D eigenvalue weighted by Crippen LogP contribution is 2.21. The number of benzene rings is 1. The zero-order valence-electron chi connectivity index (χ0n) is 17.9. The third-order valence-electron chi connectivity index (χ3n) is 5.30. The Kier molecular flexibility index (Phi) is 6.06. The summed E-state index contributed by atoms with van der Waals surface area (Å²) in [5.74, 6) is 1.13. The number of aromatic nitrogens is 3. The lowest BCUT2D eigenvalue weighted by Gasteiger charge is -2.17. The van der Waals surface area contributed by atoms with Crippen molar-refractivity contribution in [3.63, 3.8) is 0 Å². The van der Waals surface area contributed by atoms with Crippen LogP contribution in [0.4, 0.5) is 0 Å². The first-order valence-electron chi connectivity index (χ1n) is 9.73. The van der Waals surface area contributed by atoms with Crippen molar-refractivity contribution in [2.45, 2.75) is 47.3 Å². The number of hydrogen-bond acceptors (Lipinski definition) is 5. The van der Waals surface area contributed by atoms with Crippen LogP contribution in [0, 0.1) is 20.8 Å². The van der Waals surface area contributed by atoms with Gasteiger partial charge in [-0.2, -0.15) is 5.10 Å². The number of carbonyl (C=O) groups is 1. The standard InChI is InChI=1S/C22H28N4O3/c1-7-17-8-10-18(11-9-17)28-13-20-16(4)29-24-21(20)22(27)25(5)12-19-14(2)23-26(6)15(19)3/h8-11H,7,12-13H2,1-6H3. The van der Waals surface area contributed by atoms with E-state index in [-0.39, 0.29) is 18.2 Å². The van der Waals surface area contributed by atoms with Crippen molar-refractivity contribution in [1.29, 1.82) is 0 Å². The second-order valence-electron chi connectivity index (χ2n) is 7.29. The Hall–Kier alpha value is -3.09. The van der Waals surface area contributed by atoms with Gasteiger partial charge in [0.25, 0.3) is 5.91 Å². The second-order valence-corrected chi connectivity index (χ2v) is 7.29. The molecule has 1 aromatic carbocycles. The van der Waals surface area contributed by atoms with Gasteiger partial charge in [0.05, 0.1) is 11.3 Å². The van der Waals surface area contributed by atoms with Gasteiger partial charge in [-0.1, -0.05) is 24.2 Å². The number of nitrogens with zero attached hydrogens (tertiary/aromatic N) is 4. The molecule has 29 heavy (non-hydrogen) atoms. The molecule has 0 aliphatic carbocycles. The molecule has 0 saturated heterocycles. The van der Waals surface area contributed by atoms with E-state index in [1.165, 1.54) is 5.56 Å². The summed E-state index contributed by atoms with van der Waals surface area (Å²) < 4.78 is 13.0. The van der Waals surface area contributed by atoms with E-state index in [0.717, 1.165) is 29.1 Å². The highest BCUT2D eigenvalue weighted by molar-refractivity contribution is 5.93. The normalized spacial score (nSPS) is 11.0. The van der Waals surface area contributed by atoms with Crippen molar-refractivity contribution >= 4 is 5.91 Å². The van der Waals surface area contributed by atoms with Crippen molar-refractivity contribution < 1.29 is 14.1 Å². The smallest absolute Gasteiger partial charge is 0.276 e. The minimum atomic E-state index is -0.204. The Morgan fingerprint density at radius 2 is 1.86 bits per heavy atom. The van der Waals surface area contributed by atoms with Crippen molar-refractivity contribution in [2.24, 2.45) is 7.05 Å². The molecule has 2 heterocycles. The summed E-state index contributed by atoms with van der Waals surface area (Å²) in [5, 5.41) is 8.42. The number of aryl methyl sites for hydroxylation is 4. The highest BCUT2D eigenvalue weighted by Gasteiger charge is 2.24. The molecule has 7 heteroatoms. The van der Waals surface area contributed by atoms with Gasteiger partial charge in [0.2, 0.25) is 0 Å². The summed E-state index contributed by atoms with van der Waals surface area (Å²) >= 11 is 0. The molecule has 154 valence electrons. The molecule has 0 unspecified atom stereocenters. The molecule has 3 aromatic rings. The van der Waals surface area contributed by atoms with Crippen LogP contribution < -0.4 is 4.74 Å². The van der Waals surface area contributed by atoms with Gasteiger partial charge in [-0.3, -0.25) is 9.48 Å². The van der Waals surface area contributed by atoms with Gasteiger partial charge in [-0.05, 0) is 44.9 Å². The molecule has 0 radical (unpaired) electrons. The fourth-order valence-corrected chi connectivity index (χ4v) is 3.24. The van der Waals surface area contributed by atoms with Crippen molar-refractivity contribution in [2.75, 3.05) is 7.05 Å². The maximum absolute atomic E-state index is 13.0. The van der Waals surface area contributed by atoms with Crippen LogP contribution in [0.25, 0.3) is 0 Å². The Balaban J connectivity index is 1.74. The topological polar surface area (TPSA) is 73.4 Å². The molecule has 0 atom stereocenters. The van der Waals surface area contributed by atoms with Crippen LogP contribution >= 0.6 is 0 Å². The van der Waals surface area contributed by atoms with Crippen LogP contribution in [0.15, 0.2) is 28.8 Å². The summed E-state index contributed by atoms with van der Waals surface area (Å²) in [6.45, 7) is 8.52. The van der Waals surface area contributed by atoms with Crippen LogP contribution in [0.1, 0.15) is 51.3 Å². The zero-order valence-corrected chi connectivity index (χ0v) is 17.9. The molecular formula is C22H28N4O3. The largest absolute Gasteiger partial charge is 0.489 e. The van der Waals surface area contributed by atoms with Gasteiger partial charge in [-0.25, -0.2) is 0 Å². The molecule has 0 spiro atoms. The number of hydrogen-bond donors (Lipinski definition) is 0. The molecule has 3 rings (SSSR count). The van der Waals surface area contributed by atoms with Crippen LogP contribution in [0.3, 0.4) is 0 Å². The molecule has 0 aliphatic heterocycles. The van der Waals surface area contributed by atoms with Crippen LogP contribution in [-0.4, -0.2) is 32.8 Å². The summed E-state index contributed by atoms with van der Waals surface area (Å²) in [6.07, 6.45) is 0.978. The predicted molar refractivity (Wildman–Crippen MR) is 110 cm³/mol. The van der Waals surface area contributed by atoms with Gasteiger partial charge >= 0.3 is 0 Å². The highest BCUT2D eigenvalue weighted by atomic mass is 16.5. The van der Waals surface area contributed by atoms with E-state index in [9.17, 15) is 4.79 Å². The first-order chi connectivity index (χ1) is 13.8. The van der Waals surface area contributed by atoms with Crippen LogP contribution in [0.5, 0.6) is 5.75 Å². The monoisotopic (exact) mass is 396 g/mol. The van der Waals surface area contributed by atoms with Gasteiger partial charge in [-0.15, -0.1) is 0 Å². The molecule has 0 fully saturated rings. The average molecular weight is 396 g/mol. The Morgan fingerprint density at radius 1 is 1.17 bits per heavy atom. The van der Waals surface area contributed by atoms with E-state index < -0.39 is 0 Å². The molecule has 2 aromatic heterocycles. The van der Waals surface area contributed by atoms with Crippen LogP contribution in [0.2, 0.25) is 0 Å². The summed E-state index contributed by atoms with van der Waals surface area (Å²) in [7, 11) is 3.66. The molecule has 0 N–H and O–H groups in total. The fraction of sp³-hybridized carbons (Fsp3) is 0.409. The van der Waals surface area contributed by atoms with Gasteiger partial charge in [0.15, 0.2) is 5.69 Å². The summed E-state index contributed by atoms with van der Waals surface area (Å²) in [5.41, 5.74) is 5.20. The first-order valence-corrected chi connectivity index (χ1v) is 9.73. The number of ether oxygens (including phenoxy) is 1. The van der Waals surface area contributed by atoms with Crippen LogP contribution in [-0.2, 0) is 26.6 Å². The first kappa shape index (κ1) is 20.6. The molecule has 7 nitrogen and oxygen atoms in total. The third-order valence-corrected chi connectivity index (χ3v) is 5.30. The molecule has 0 saturated carbocycles. The maximum atomic E-state index is 13.0. The fourth-order valence-electron chi connectivity index (χ4n) is 3.24. The number of rotatable bonds is 7. The molecular weight excluding hydrogens is 368 g/mol. The summed E-state index contributed by atoms with van der Waals surface area (Å²) in [6, 6.07) is 7.94. The lowest BCUT2D eigenvalue weighted by atomic mass is 10.1. The Labute approximate surface area is 171 Å². The van der Waals surface area contributed by atoms with Gasteiger partial charge in [0.1, 0.15) is 18.1 Å². The Morgan fingerprint density at radius 3 is 2.45 bits per heavy atom. The zero-order chi connectivity index (χ0) is 21.1. The number of carbonyl (C=O) groups excluding carboxylic acids is 1. The average Bonchev–Trinajstić information content (AvgIpc) is 3.20. The van der Waals surface area contributed by atoms with E-state index in [1.54, 1.807) is 18.9 Å². The summed E-state index contributed by atoms with van der Waals surface area (Å²) in [4.78, 5) is 14.7. The van der Waals surface area contributed by atoms with Crippen molar-refractivity contribution in [3.8, 4) is 5.75 Å². The lowest BCUT2D eigenvalue weighted by molar-refractivity contribution is 0.0772. The third kappa shape index (κ3) is 4.34. The van der Waals surface area contributed by atoms with Gasteiger partial charge < -0.3 is 14.2 Å². The SMILES string of the molecule is CCc1ccc(OCc2c(C(=O)N(C)Cc3c(C)nn(C)c3C)noc2C)cc1. The van der Waals surface area contributed by atoms with Gasteiger partial charge in [0, 0.05) is 31.9 Å².